The van der Waals surface area contributed by atoms with Crippen molar-refractivity contribution in [3.63, 3.8) is 0 Å². The molecule has 2 rings (SSSR count). The summed E-state index contributed by atoms with van der Waals surface area (Å²) in [6.45, 7) is 0. The van der Waals surface area contributed by atoms with Gasteiger partial charge in [0.25, 0.3) is 0 Å². The van der Waals surface area contributed by atoms with E-state index in [1.807, 2.05) is 0 Å². The predicted molar refractivity (Wildman–Crippen MR) is 67.7 cm³/mol. The molecule has 0 spiro atoms. The summed E-state index contributed by atoms with van der Waals surface area (Å²) in [7, 11) is 1.10. The first-order valence-corrected chi connectivity index (χ1v) is 6.20. The second-order valence-corrected chi connectivity index (χ2v) is 4.70. The van der Waals surface area contributed by atoms with Crippen LogP contribution in [-0.4, -0.2) is 27.7 Å². The van der Waals surface area contributed by atoms with E-state index in [9.17, 15) is 23.1 Å². The highest BCUT2D eigenvalue weighted by Gasteiger charge is 2.35. The van der Waals surface area contributed by atoms with E-state index >= 15 is 0 Å². The van der Waals surface area contributed by atoms with Gasteiger partial charge in [-0.25, -0.2) is 4.79 Å². The smallest absolute Gasteiger partial charge is 0.419 e. The van der Waals surface area contributed by atoms with Crippen molar-refractivity contribution in [3.8, 4) is 22.8 Å². The molecule has 21 heavy (non-hydrogen) atoms. The monoisotopic (exact) mass is 319 g/mol. The van der Waals surface area contributed by atoms with Crippen LogP contribution >= 0.6 is 11.5 Å². The van der Waals surface area contributed by atoms with Crippen LogP contribution in [0.15, 0.2) is 18.2 Å². The molecular weight excluding hydrogens is 311 g/mol. The molecule has 9 heteroatoms. The summed E-state index contributed by atoms with van der Waals surface area (Å²) < 4.78 is 47.1. The Labute approximate surface area is 120 Å². The first kappa shape index (κ1) is 15.1. The number of hydrogen-bond acceptors (Lipinski definition) is 5. The molecule has 5 nitrogen and oxygen atoms in total. The Balaban J connectivity index is 2.58. The quantitative estimate of drug-likeness (QED) is 0.908. The van der Waals surface area contributed by atoms with Gasteiger partial charge in [0.2, 0.25) is 0 Å². The van der Waals surface area contributed by atoms with Crippen molar-refractivity contribution in [1.29, 1.82) is 0 Å². The van der Waals surface area contributed by atoms with Gasteiger partial charge in [0, 0.05) is 5.56 Å². The van der Waals surface area contributed by atoms with E-state index in [1.165, 1.54) is 6.07 Å². The molecule has 112 valence electrons. The molecule has 0 fully saturated rings. The number of ether oxygens (including phenoxy) is 1. The summed E-state index contributed by atoms with van der Waals surface area (Å²) in [6.07, 6.45) is -4.65. The lowest BCUT2D eigenvalue weighted by Crippen LogP contribution is -2.07. The molecule has 0 atom stereocenters. The standard InChI is InChI=1S/C12H8F3NO4S/c1-20-7-3-2-5(4-6(7)12(13,14)15)8-9(17)10(11(18)19)21-16-8/h2-4,17H,1H3,(H,18,19). The number of aromatic nitrogens is 1. The summed E-state index contributed by atoms with van der Waals surface area (Å²) in [4.78, 5) is 10.4. The van der Waals surface area contributed by atoms with Gasteiger partial charge in [0.1, 0.15) is 11.4 Å². The fourth-order valence-electron chi connectivity index (χ4n) is 1.69. The molecule has 0 aliphatic heterocycles. The van der Waals surface area contributed by atoms with Gasteiger partial charge in [-0.1, -0.05) is 0 Å². The van der Waals surface area contributed by atoms with E-state index < -0.39 is 28.3 Å². The molecule has 0 aliphatic carbocycles. The van der Waals surface area contributed by atoms with Crippen LogP contribution in [0.3, 0.4) is 0 Å². The van der Waals surface area contributed by atoms with Crippen LogP contribution in [0.25, 0.3) is 11.3 Å². The Kier molecular flexibility index (Phi) is 3.77. The summed E-state index contributed by atoms with van der Waals surface area (Å²) in [5.41, 5.74) is -1.30. The summed E-state index contributed by atoms with van der Waals surface area (Å²) >= 11 is 0.490. The van der Waals surface area contributed by atoms with Gasteiger partial charge in [-0.05, 0) is 29.7 Å². The Hall–Kier alpha value is -2.29. The van der Waals surface area contributed by atoms with Crippen LogP contribution < -0.4 is 4.74 Å². The van der Waals surface area contributed by atoms with Gasteiger partial charge in [0.15, 0.2) is 10.6 Å². The number of carboxylic acids is 1. The highest BCUT2D eigenvalue weighted by atomic mass is 32.1. The molecule has 0 saturated heterocycles. The van der Waals surface area contributed by atoms with E-state index in [-0.39, 0.29) is 17.0 Å². The topological polar surface area (TPSA) is 79.7 Å². The van der Waals surface area contributed by atoms with Crippen LogP contribution in [0.2, 0.25) is 0 Å². The lowest BCUT2D eigenvalue weighted by molar-refractivity contribution is -0.138. The van der Waals surface area contributed by atoms with Crippen molar-refractivity contribution in [1.82, 2.24) is 4.37 Å². The third-order valence-electron chi connectivity index (χ3n) is 2.64. The number of nitrogens with zero attached hydrogens (tertiary/aromatic N) is 1. The normalized spacial score (nSPS) is 11.4. The lowest BCUT2D eigenvalue weighted by Gasteiger charge is -2.12. The van der Waals surface area contributed by atoms with Crippen molar-refractivity contribution < 1.29 is 32.9 Å². The highest BCUT2D eigenvalue weighted by molar-refractivity contribution is 7.08. The van der Waals surface area contributed by atoms with Crippen LogP contribution in [-0.2, 0) is 6.18 Å². The first-order chi connectivity index (χ1) is 9.75. The van der Waals surface area contributed by atoms with Crippen molar-refractivity contribution in [2.45, 2.75) is 6.18 Å². The molecule has 0 unspecified atom stereocenters. The molecule has 0 saturated carbocycles. The van der Waals surface area contributed by atoms with Crippen molar-refractivity contribution in [3.05, 3.63) is 28.6 Å². The summed E-state index contributed by atoms with van der Waals surface area (Å²) in [5, 5.41) is 18.5. The molecule has 0 radical (unpaired) electrons. The Morgan fingerprint density at radius 1 is 1.38 bits per heavy atom. The van der Waals surface area contributed by atoms with E-state index in [0.717, 1.165) is 19.2 Å². The SMILES string of the molecule is COc1ccc(-c2nsc(C(=O)O)c2O)cc1C(F)(F)F. The molecule has 2 N–H and O–H groups in total. The van der Waals surface area contributed by atoms with Gasteiger partial charge in [-0.2, -0.15) is 17.5 Å². The first-order valence-electron chi connectivity index (χ1n) is 5.43. The number of rotatable bonds is 3. The van der Waals surface area contributed by atoms with Crippen LogP contribution in [0.5, 0.6) is 11.5 Å². The van der Waals surface area contributed by atoms with Gasteiger partial charge in [-0.15, -0.1) is 0 Å². The fraction of sp³-hybridized carbons (Fsp3) is 0.167. The zero-order valence-electron chi connectivity index (χ0n) is 10.4. The number of methoxy groups -OCH3 is 1. The number of aromatic carboxylic acids is 1. The van der Waals surface area contributed by atoms with E-state index in [2.05, 4.69) is 9.11 Å². The highest BCUT2D eigenvalue weighted by Crippen LogP contribution is 2.41. The number of hydrogen-bond donors (Lipinski definition) is 2. The van der Waals surface area contributed by atoms with Crippen LogP contribution in [0, 0.1) is 0 Å². The molecule has 1 aromatic heterocycles. The minimum absolute atomic E-state index is 0.0515. The zero-order chi connectivity index (χ0) is 15.8. The molecule has 0 bridgehead atoms. The minimum atomic E-state index is -4.65. The number of benzene rings is 1. The van der Waals surface area contributed by atoms with Crippen LogP contribution in [0.1, 0.15) is 15.2 Å². The largest absolute Gasteiger partial charge is 0.504 e. The van der Waals surface area contributed by atoms with Gasteiger partial charge < -0.3 is 14.9 Å². The predicted octanol–water partition coefficient (Wildman–Crippen LogP) is 3.24. The van der Waals surface area contributed by atoms with Crippen molar-refractivity contribution in [2.75, 3.05) is 7.11 Å². The molecule has 2 aromatic rings. The number of alkyl halides is 3. The minimum Gasteiger partial charge on any atom is -0.504 e. The fourth-order valence-corrected chi connectivity index (χ4v) is 2.33. The Morgan fingerprint density at radius 3 is 2.52 bits per heavy atom. The zero-order valence-corrected chi connectivity index (χ0v) is 11.2. The average Bonchev–Trinajstić information content (AvgIpc) is 2.79. The maximum Gasteiger partial charge on any atom is 0.419 e. The Bertz CT molecular complexity index is 696. The number of carboxylic acid groups (broad SMARTS) is 1. The van der Waals surface area contributed by atoms with E-state index in [0.29, 0.717) is 11.5 Å². The van der Waals surface area contributed by atoms with Crippen molar-refractivity contribution in [2.24, 2.45) is 0 Å². The van der Waals surface area contributed by atoms with Gasteiger partial charge >= 0.3 is 12.1 Å². The third kappa shape index (κ3) is 2.77. The molecule has 1 aromatic carbocycles. The maximum absolute atomic E-state index is 12.9. The number of carbonyl (C=O) groups is 1. The molecule has 1 heterocycles. The summed E-state index contributed by atoms with van der Waals surface area (Å²) in [6, 6.07) is 3.09. The average molecular weight is 319 g/mol. The summed E-state index contributed by atoms with van der Waals surface area (Å²) in [5.74, 6) is -2.44. The third-order valence-corrected chi connectivity index (χ3v) is 3.46. The van der Waals surface area contributed by atoms with Gasteiger partial charge in [0.05, 0.1) is 12.7 Å². The van der Waals surface area contributed by atoms with Crippen molar-refractivity contribution >= 4 is 17.5 Å². The second-order valence-electron chi connectivity index (χ2n) is 3.93. The molecule has 0 amide bonds. The van der Waals surface area contributed by atoms with E-state index in [1.54, 1.807) is 0 Å². The number of aromatic hydroxyl groups is 1. The van der Waals surface area contributed by atoms with E-state index in [4.69, 9.17) is 5.11 Å². The molecular formula is C12H8F3NO4S. The second kappa shape index (κ2) is 5.24. The molecule has 0 aliphatic rings. The van der Waals surface area contributed by atoms with Gasteiger partial charge in [-0.3, -0.25) is 0 Å². The number of halogens is 3. The lowest BCUT2D eigenvalue weighted by atomic mass is 10.1. The Morgan fingerprint density at radius 2 is 2.05 bits per heavy atom. The maximum atomic E-state index is 12.9. The van der Waals surface area contributed by atoms with Crippen LogP contribution in [0.4, 0.5) is 13.2 Å².